The molecule has 0 aromatic carbocycles. The van der Waals surface area contributed by atoms with Gasteiger partial charge in [0.1, 0.15) is 0 Å². The number of unbranched alkanes of at least 4 members (excludes halogenated alkanes) is 1. The normalized spacial score (nSPS) is 28.6. The fourth-order valence-corrected chi connectivity index (χ4v) is 3.61. The van der Waals surface area contributed by atoms with Crippen LogP contribution in [0.15, 0.2) is 0 Å². The van der Waals surface area contributed by atoms with E-state index < -0.39 is 0 Å². The third-order valence-electron chi connectivity index (χ3n) is 5.49. The molecule has 0 radical (unpaired) electrons. The lowest BCUT2D eigenvalue weighted by Crippen LogP contribution is -2.53. The van der Waals surface area contributed by atoms with Gasteiger partial charge in [0.25, 0.3) is 0 Å². The zero-order valence-corrected chi connectivity index (χ0v) is 14.4. The van der Waals surface area contributed by atoms with Crippen LogP contribution in [0.1, 0.15) is 78.6 Å². The van der Waals surface area contributed by atoms with Gasteiger partial charge < -0.3 is 0 Å². The van der Waals surface area contributed by atoms with Gasteiger partial charge in [0.2, 0.25) is 0 Å². The molecule has 1 aliphatic carbocycles. The minimum atomic E-state index is -0.161. The van der Waals surface area contributed by atoms with Crippen LogP contribution >= 0.6 is 0 Å². The highest BCUT2D eigenvalue weighted by Crippen LogP contribution is 2.37. The van der Waals surface area contributed by atoms with Crippen LogP contribution in [-0.4, -0.2) is 30.3 Å². The molecule has 0 aliphatic heterocycles. The molecule has 1 unspecified atom stereocenters. The molecule has 1 fully saturated rings. The Kier molecular flexibility index (Phi) is 7.22. The molecule has 0 amide bonds. The van der Waals surface area contributed by atoms with Crippen molar-refractivity contribution in [1.82, 2.24) is 4.90 Å². The number of rotatable bonds is 8. The lowest BCUT2D eigenvalue weighted by Gasteiger charge is -2.44. The summed E-state index contributed by atoms with van der Waals surface area (Å²) >= 11 is 0. The van der Waals surface area contributed by atoms with Crippen molar-refractivity contribution in [3.05, 3.63) is 0 Å². The van der Waals surface area contributed by atoms with Crippen molar-refractivity contribution in [2.45, 2.75) is 84.1 Å². The summed E-state index contributed by atoms with van der Waals surface area (Å²) in [6.07, 6.45) is 10.2. The van der Waals surface area contributed by atoms with Gasteiger partial charge >= 0.3 is 0 Å². The van der Waals surface area contributed by atoms with Crippen LogP contribution in [0.5, 0.6) is 0 Å². The van der Waals surface area contributed by atoms with Gasteiger partial charge in [-0.25, -0.2) is 0 Å². The fraction of sp³-hybridized carbons (Fsp3) is 0.944. The number of hydrogen-bond donors (Lipinski definition) is 0. The fourth-order valence-electron chi connectivity index (χ4n) is 3.61. The molecule has 0 bridgehead atoms. The molecule has 118 valence electrons. The molecule has 1 atom stereocenters. The molecule has 1 rings (SSSR count). The minimum Gasteiger partial charge on any atom is -0.298 e. The van der Waals surface area contributed by atoms with Crippen molar-refractivity contribution < 1.29 is 4.79 Å². The second-order valence-electron chi connectivity index (χ2n) is 7.15. The van der Waals surface area contributed by atoms with Crippen LogP contribution in [0.25, 0.3) is 0 Å². The van der Waals surface area contributed by atoms with Crippen LogP contribution in [0.2, 0.25) is 0 Å². The summed E-state index contributed by atoms with van der Waals surface area (Å²) in [6, 6.07) is 0. The molecule has 2 nitrogen and oxygen atoms in total. The first kappa shape index (κ1) is 17.7. The Hall–Kier alpha value is -0.370. The van der Waals surface area contributed by atoms with E-state index >= 15 is 0 Å². The largest absolute Gasteiger partial charge is 0.298 e. The molecular formula is C18H35NO. The Bertz CT molecular complexity index is 290. The van der Waals surface area contributed by atoms with Crippen molar-refractivity contribution in [3.63, 3.8) is 0 Å². The number of hydrogen-bond acceptors (Lipinski definition) is 2. The van der Waals surface area contributed by atoms with E-state index in [-0.39, 0.29) is 5.54 Å². The predicted molar refractivity (Wildman–Crippen MR) is 87.0 cm³/mol. The Morgan fingerprint density at radius 1 is 1.25 bits per heavy atom. The first-order chi connectivity index (χ1) is 9.46. The van der Waals surface area contributed by atoms with Crippen LogP contribution in [0.4, 0.5) is 0 Å². The lowest BCUT2D eigenvalue weighted by atomic mass is 9.71. The molecule has 0 saturated heterocycles. The molecule has 0 aromatic heterocycles. The number of carbonyl (C=O) groups is 1. The van der Waals surface area contributed by atoms with E-state index in [1.54, 1.807) is 0 Å². The number of ketones is 1. The average Bonchev–Trinajstić information content (AvgIpc) is 2.43. The van der Waals surface area contributed by atoms with E-state index in [2.05, 4.69) is 39.8 Å². The lowest BCUT2D eigenvalue weighted by molar-refractivity contribution is -0.133. The SMILES string of the molecule is CCCCC(CC)CC(=O)C1(N(C)C)CCC(C)CC1. The molecular weight excluding hydrogens is 246 g/mol. The van der Waals surface area contributed by atoms with Crippen molar-refractivity contribution >= 4 is 5.78 Å². The number of carbonyl (C=O) groups excluding carboxylic acids is 1. The molecule has 0 heterocycles. The van der Waals surface area contributed by atoms with E-state index in [1.807, 2.05) is 0 Å². The van der Waals surface area contributed by atoms with Crippen molar-refractivity contribution in [1.29, 1.82) is 0 Å². The van der Waals surface area contributed by atoms with Gasteiger partial charge in [0, 0.05) is 6.42 Å². The topological polar surface area (TPSA) is 20.3 Å². The highest BCUT2D eigenvalue weighted by molar-refractivity contribution is 5.88. The van der Waals surface area contributed by atoms with Crippen molar-refractivity contribution in [2.24, 2.45) is 11.8 Å². The van der Waals surface area contributed by atoms with Crippen molar-refractivity contribution in [2.75, 3.05) is 14.1 Å². The second-order valence-corrected chi connectivity index (χ2v) is 7.15. The minimum absolute atomic E-state index is 0.161. The van der Waals surface area contributed by atoms with E-state index in [1.165, 1.54) is 32.1 Å². The number of likely N-dealkylation sites (N-methyl/N-ethyl adjacent to an activating group) is 1. The Balaban J connectivity index is 2.69. The maximum Gasteiger partial charge on any atom is 0.153 e. The highest BCUT2D eigenvalue weighted by atomic mass is 16.1. The maximum absolute atomic E-state index is 13.0. The second kappa shape index (κ2) is 8.17. The van der Waals surface area contributed by atoms with Gasteiger partial charge in [-0.15, -0.1) is 0 Å². The van der Waals surface area contributed by atoms with Crippen LogP contribution in [0, 0.1) is 11.8 Å². The van der Waals surface area contributed by atoms with E-state index in [0.717, 1.165) is 31.6 Å². The van der Waals surface area contributed by atoms with E-state index in [4.69, 9.17) is 0 Å². The van der Waals surface area contributed by atoms with Gasteiger partial charge in [-0.05, 0) is 51.6 Å². The Morgan fingerprint density at radius 3 is 2.30 bits per heavy atom. The van der Waals surface area contributed by atoms with Gasteiger partial charge in [0.05, 0.1) is 5.54 Å². The van der Waals surface area contributed by atoms with Gasteiger partial charge in [0.15, 0.2) is 5.78 Å². The standard InChI is InChI=1S/C18H35NO/c1-6-8-9-16(7-2)14-17(20)18(19(4)5)12-10-15(3)11-13-18/h15-16H,6-14H2,1-5H3. The summed E-state index contributed by atoms with van der Waals surface area (Å²) < 4.78 is 0. The average molecular weight is 281 g/mol. The molecule has 1 saturated carbocycles. The molecule has 2 heteroatoms. The maximum atomic E-state index is 13.0. The highest BCUT2D eigenvalue weighted by Gasteiger charge is 2.42. The Morgan fingerprint density at radius 2 is 1.85 bits per heavy atom. The monoisotopic (exact) mass is 281 g/mol. The Labute approximate surface area is 126 Å². The first-order valence-electron chi connectivity index (χ1n) is 8.67. The first-order valence-corrected chi connectivity index (χ1v) is 8.67. The summed E-state index contributed by atoms with van der Waals surface area (Å²) in [5.41, 5.74) is -0.161. The van der Waals surface area contributed by atoms with E-state index in [0.29, 0.717) is 11.7 Å². The van der Waals surface area contributed by atoms with Crippen LogP contribution in [-0.2, 0) is 4.79 Å². The predicted octanol–water partition coefficient (Wildman–Crippen LogP) is 4.67. The quantitative estimate of drug-likeness (QED) is 0.644. The molecule has 1 aliphatic rings. The third-order valence-corrected chi connectivity index (χ3v) is 5.49. The third kappa shape index (κ3) is 4.31. The summed E-state index contributed by atoms with van der Waals surface area (Å²) in [5.74, 6) is 1.90. The molecule has 0 spiro atoms. The van der Waals surface area contributed by atoms with Crippen LogP contribution in [0.3, 0.4) is 0 Å². The molecule has 0 aromatic rings. The van der Waals surface area contributed by atoms with Gasteiger partial charge in [-0.2, -0.15) is 0 Å². The number of nitrogens with zero attached hydrogens (tertiary/aromatic N) is 1. The van der Waals surface area contributed by atoms with Crippen LogP contribution < -0.4 is 0 Å². The molecule has 0 N–H and O–H groups in total. The van der Waals surface area contributed by atoms with Gasteiger partial charge in [-0.3, -0.25) is 9.69 Å². The van der Waals surface area contributed by atoms with E-state index in [9.17, 15) is 4.79 Å². The number of Topliss-reactive ketones (excluding diaryl/α,β-unsaturated/α-hetero) is 1. The molecule has 20 heavy (non-hydrogen) atoms. The summed E-state index contributed by atoms with van der Waals surface area (Å²) in [7, 11) is 4.20. The smallest absolute Gasteiger partial charge is 0.153 e. The van der Waals surface area contributed by atoms with Crippen molar-refractivity contribution in [3.8, 4) is 0 Å². The summed E-state index contributed by atoms with van der Waals surface area (Å²) in [4.78, 5) is 15.2. The summed E-state index contributed by atoms with van der Waals surface area (Å²) in [6.45, 7) is 6.79. The van der Waals surface area contributed by atoms with Gasteiger partial charge in [-0.1, -0.05) is 46.5 Å². The zero-order chi connectivity index (χ0) is 15.2. The zero-order valence-electron chi connectivity index (χ0n) is 14.4. The summed E-state index contributed by atoms with van der Waals surface area (Å²) in [5, 5.41) is 0.